The molecule has 9 heteroatoms. The second-order valence-electron chi connectivity index (χ2n) is 5.81. The molecule has 28 heavy (non-hydrogen) atoms. The Bertz CT molecular complexity index is 1290. The van der Waals surface area contributed by atoms with Gasteiger partial charge in [-0.25, -0.2) is 13.6 Å². The van der Waals surface area contributed by atoms with E-state index in [0.29, 0.717) is 0 Å². The molecule has 0 fully saturated rings. The molecule has 0 aliphatic carbocycles. The molecule has 0 saturated heterocycles. The smallest absolute Gasteiger partial charge is 0.273 e. The minimum atomic E-state index is -3.91. The van der Waals surface area contributed by atoms with Crippen molar-refractivity contribution in [1.82, 2.24) is 4.57 Å². The molecule has 0 atom stereocenters. The summed E-state index contributed by atoms with van der Waals surface area (Å²) >= 11 is 0. The van der Waals surface area contributed by atoms with Crippen molar-refractivity contribution in [2.24, 2.45) is 5.14 Å². The molecule has 0 saturated carbocycles. The van der Waals surface area contributed by atoms with Crippen LogP contribution < -0.4 is 10.7 Å². The van der Waals surface area contributed by atoms with Gasteiger partial charge in [-0.3, -0.25) is 14.2 Å². The number of nitrogens with zero attached hydrogens (tertiary/aromatic N) is 2. The highest BCUT2D eigenvalue weighted by atomic mass is 32.2. The van der Waals surface area contributed by atoms with Crippen molar-refractivity contribution >= 4 is 15.8 Å². The van der Waals surface area contributed by atoms with Crippen LogP contribution in [0.2, 0.25) is 0 Å². The molecule has 1 aromatic heterocycles. The summed E-state index contributed by atoms with van der Waals surface area (Å²) in [5.41, 5.74) is -0.702. The van der Waals surface area contributed by atoms with Crippen LogP contribution in [0.3, 0.4) is 0 Å². The molecule has 140 valence electrons. The number of hydrogen-bond acceptors (Lipinski definition) is 6. The number of primary sulfonamides is 1. The molecule has 1 heterocycles. The highest BCUT2D eigenvalue weighted by molar-refractivity contribution is 7.89. The topological polar surface area (TPSA) is 143 Å². The lowest BCUT2D eigenvalue weighted by Crippen LogP contribution is -2.23. The highest BCUT2D eigenvalue weighted by Gasteiger charge is 2.17. The van der Waals surface area contributed by atoms with Gasteiger partial charge >= 0.3 is 0 Å². The fraction of sp³-hybridized carbons (Fsp3) is 0. The number of carbonyl (C=O) groups is 1. The van der Waals surface area contributed by atoms with Crippen molar-refractivity contribution in [3.8, 4) is 17.5 Å². The Kier molecular flexibility index (Phi) is 4.83. The van der Waals surface area contributed by atoms with E-state index in [2.05, 4.69) is 0 Å². The molecule has 0 unspecified atom stereocenters. The van der Waals surface area contributed by atoms with E-state index in [1.165, 1.54) is 42.6 Å². The second-order valence-corrected chi connectivity index (χ2v) is 7.38. The van der Waals surface area contributed by atoms with Crippen LogP contribution in [0.15, 0.2) is 70.5 Å². The standard InChI is InChI=1S/C19H13N3O5S/c20-10-12-9-13(18(24)16-3-1-2-4-17(16)23)11-22(19(12)25)14-5-7-15(8-6-14)28(21,26)27/h1-9,11,23H,(H2,21,26,27). The van der Waals surface area contributed by atoms with Gasteiger partial charge in [0, 0.05) is 17.4 Å². The number of sulfonamides is 1. The maximum absolute atomic E-state index is 12.7. The summed E-state index contributed by atoms with van der Waals surface area (Å²) in [5, 5.41) is 24.2. The molecule has 3 N–H and O–H groups in total. The molecule has 0 bridgehead atoms. The van der Waals surface area contributed by atoms with Crippen LogP contribution in [-0.2, 0) is 10.0 Å². The van der Waals surface area contributed by atoms with E-state index in [0.717, 1.165) is 10.6 Å². The summed E-state index contributed by atoms with van der Waals surface area (Å²) in [6.07, 6.45) is 1.23. The number of hydrogen-bond donors (Lipinski definition) is 2. The number of aromatic hydroxyl groups is 1. The average Bonchev–Trinajstić information content (AvgIpc) is 2.67. The van der Waals surface area contributed by atoms with E-state index in [1.807, 2.05) is 0 Å². The normalized spacial score (nSPS) is 11.0. The molecular weight excluding hydrogens is 382 g/mol. The van der Waals surface area contributed by atoms with Crippen molar-refractivity contribution in [2.45, 2.75) is 4.90 Å². The van der Waals surface area contributed by atoms with Crippen LogP contribution in [-0.4, -0.2) is 23.9 Å². The molecule has 3 rings (SSSR count). The number of nitriles is 1. The zero-order valence-corrected chi connectivity index (χ0v) is 15.1. The minimum Gasteiger partial charge on any atom is -0.507 e. The Hall–Kier alpha value is -3.74. The van der Waals surface area contributed by atoms with Gasteiger partial charge in [0.15, 0.2) is 5.78 Å². The van der Waals surface area contributed by atoms with E-state index >= 15 is 0 Å². The third-order valence-electron chi connectivity index (χ3n) is 3.99. The van der Waals surface area contributed by atoms with E-state index in [-0.39, 0.29) is 33.0 Å². The van der Waals surface area contributed by atoms with E-state index in [9.17, 15) is 28.4 Å². The number of pyridine rings is 1. The number of phenols is 1. The lowest BCUT2D eigenvalue weighted by atomic mass is 10.0. The number of nitrogens with two attached hydrogens (primary N) is 1. The van der Waals surface area contributed by atoms with Gasteiger partial charge in [-0.2, -0.15) is 5.26 Å². The third kappa shape index (κ3) is 3.55. The Morgan fingerprint density at radius 3 is 2.32 bits per heavy atom. The first-order valence-electron chi connectivity index (χ1n) is 7.85. The van der Waals surface area contributed by atoms with Gasteiger partial charge in [0.1, 0.15) is 17.4 Å². The SMILES string of the molecule is N#Cc1cc(C(=O)c2ccccc2O)cn(-c2ccc(S(N)(=O)=O)cc2)c1=O. The minimum absolute atomic E-state index is 0.00757. The Labute approximate surface area is 159 Å². The van der Waals surface area contributed by atoms with E-state index < -0.39 is 21.4 Å². The van der Waals surface area contributed by atoms with Crippen molar-refractivity contribution in [2.75, 3.05) is 0 Å². The fourth-order valence-electron chi connectivity index (χ4n) is 2.60. The van der Waals surface area contributed by atoms with Gasteiger partial charge in [-0.1, -0.05) is 12.1 Å². The fourth-order valence-corrected chi connectivity index (χ4v) is 3.11. The number of aromatic nitrogens is 1. The van der Waals surface area contributed by atoms with Crippen molar-refractivity contribution < 1.29 is 18.3 Å². The summed E-state index contributed by atoms with van der Waals surface area (Å²) in [5.74, 6) is -0.814. The van der Waals surface area contributed by atoms with E-state index in [1.54, 1.807) is 18.2 Å². The quantitative estimate of drug-likeness (QED) is 0.637. The molecule has 3 aromatic rings. The second kappa shape index (κ2) is 7.11. The van der Waals surface area contributed by atoms with Crippen molar-refractivity contribution in [1.29, 1.82) is 5.26 Å². The Balaban J connectivity index is 2.17. The number of benzene rings is 2. The Morgan fingerprint density at radius 1 is 1.11 bits per heavy atom. The van der Waals surface area contributed by atoms with Gasteiger partial charge in [-0.05, 0) is 42.5 Å². The predicted molar refractivity (Wildman–Crippen MR) is 99.7 cm³/mol. The average molecular weight is 395 g/mol. The predicted octanol–water partition coefficient (Wildman–Crippen LogP) is 1.29. The van der Waals surface area contributed by atoms with Gasteiger partial charge in [0.2, 0.25) is 10.0 Å². The number of ketones is 1. The maximum atomic E-state index is 12.7. The van der Waals surface area contributed by atoms with Crippen LogP contribution in [0.1, 0.15) is 21.5 Å². The largest absolute Gasteiger partial charge is 0.507 e. The first-order chi connectivity index (χ1) is 13.2. The molecule has 0 aliphatic heterocycles. The number of rotatable bonds is 4. The molecule has 0 aliphatic rings. The van der Waals surface area contributed by atoms with Gasteiger partial charge in [-0.15, -0.1) is 0 Å². The lowest BCUT2D eigenvalue weighted by Gasteiger charge is -2.10. The van der Waals surface area contributed by atoms with Crippen LogP contribution in [0, 0.1) is 11.3 Å². The van der Waals surface area contributed by atoms with Crippen LogP contribution >= 0.6 is 0 Å². The van der Waals surface area contributed by atoms with Crippen LogP contribution in [0.5, 0.6) is 5.75 Å². The monoisotopic (exact) mass is 395 g/mol. The first kappa shape index (κ1) is 19.0. The van der Waals surface area contributed by atoms with Gasteiger partial charge in [0.05, 0.1) is 10.5 Å². The lowest BCUT2D eigenvalue weighted by molar-refractivity contribution is 0.103. The zero-order chi connectivity index (χ0) is 20.5. The maximum Gasteiger partial charge on any atom is 0.273 e. The van der Waals surface area contributed by atoms with Gasteiger partial charge < -0.3 is 5.11 Å². The van der Waals surface area contributed by atoms with E-state index in [4.69, 9.17) is 5.14 Å². The van der Waals surface area contributed by atoms with Crippen LogP contribution in [0.4, 0.5) is 0 Å². The third-order valence-corrected chi connectivity index (χ3v) is 4.92. The number of carbonyl (C=O) groups excluding carboxylic acids is 1. The van der Waals surface area contributed by atoms with Gasteiger partial charge in [0.25, 0.3) is 5.56 Å². The molecule has 0 radical (unpaired) electrons. The summed E-state index contributed by atoms with van der Waals surface area (Å²) in [6, 6.07) is 13.9. The molecule has 2 aromatic carbocycles. The summed E-state index contributed by atoms with van der Waals surface area (Å²) in [4.78, 5) is 25.1. The first-order valence-corrected chi connectivity index (χ1v) is 9.40. The highest BCUT2D eigenvalue weighted by Crippen LogP contribution is 2.20. The zero-order valence-electron chi connectivity index (χ0n) is 14.2. The Morgan fingerprint density at radius 2 is 1.75 bits per heavy atom. The van der Waals surface area contributed by atoms with Crippen molar-refractivity contribution in [3.05, 3.63) is 87.8 Å². The molecule has 8 nitrogen and oxygen atoms in total. The number of para-hydroxylation sites is 1. The molecule has 0 amide bonds. The summed E-state index contributed by atoms with van der Waals surface area (Å²) < 4.78 is 23.8. The summed E-state index contributed by atoms with van der Waals surface area (Å²) in [7, 11) is -3.91. The number of phenolic OH excluding ortho intramolecular Hbond substituents is 1. The summed E-state index contributed by atoms with van der Waals surface area (Å²) in [6.45, 7) is 0. The molecular formula is C19H13N3O5S. The van der Waals surface area contributed by atoms with Crippen LogP contribution in [0.25, 0.3) is 5.69 Å². The molecule has 0 spiro atoms. The van der Waals surface area contributed by atoms with Crippen molar-refractivity contribution in [3.63, 3.8) is 0 Å².